The van der Waals surface area contributed by atoms with Crippen LogP contribution in [0.25, 0.3) is 0 Å². The summed E-state index contributed by atoms with van der Waals surface area (Å²) in [7, 11) is 0. The minimum Gasteiger partial charge on any atom is -0.396 e. The molecule has 3 aliphatic carbocycles. The fourth-order valence-electron chi connectivity index (χ4n) is 5.74. The van der Waals surface area contributed by atoms with Gasteiger partial charge in [0.05, 0.1) is 0 Å². The largest absolute Gasteiger partial charge is 0.396 e. The lowest BCUT2D eigenvalue weighted by atomic mass is 9.65. The summed E-state index contributed by atoms with van der Waals surface area (Å²) in [6.45, 7) is 4.89. The lowest BCUT2D eigenvalue weighted by Gasteiger charge is -2.38. The van der Waals surface area contributed by atoms with Gasteiger partial charge in [0, 0.05) is 12.5 Å². The zero-order valence-electron chi connectivity index (χ0n) is 11.0. The lowest BCUT2D eigenvalue weighted by molar-refractivity contribution is -0.117. The third-order valence-electron chi connectivity index (χ3n) is 6.55. The van der Waals surface area contributed by atoms with E-state index in [9.17, 15) is 9.90 Å². The van der Waals surface area contributed by atoms with Crippen LogP contribution in [0.5, 0.6) is 0 Å². The molecule has 1 N–H and O–H groups in total. The molecule has 0 aromatic heterocycles. The minimum atomic E-state index is 0.0708. The van der Waals surface area contributed by atoms with Crippen LogP contribution in [0.15, 0.2) is 0 Å². The van der Waals surface area contributed by atoms with Crippen molar-refractivity contribution in [3.63, 3.8) is 0 Å². The van der Waals surface area contributed by atoms with Gasteiger partial charge < -0.3 is 9.90 Å². The third kappa shape index (κ3) is 1.28. The molecule has 96 valence electrons. The Labute approximate surface area is 104 Å². The van der Waals surface area contributed by atoms with Crippen molar-refractivity contribution in [2.75, 3.05) is 6.61 Å². The van der Waals surface area contributed by atoms with Crippen molar-refractivity contribution in [1.82, 2.24) is 0 Å². The monoisotopic (exact) mass is 236 g/mol. The Morgan fingerprint density at radius 2 is 2.06 bits per heavy atom. The molecule has 6 atom stereocenters. The summed E-state index contributed by atoms with van der Waals surface area (Å²) in [4.78, 5) is 11.5. The molecule has 3 rings (SSSR count). The molecule has 0 aliphatic heterocycles. The molecule has 0 heterocycles. The van der Waals surface area contributed by atoms with E-state index in [1.54, 1.807) is 0 Å². The zero-order valence-corrected chi connectivity index (χ0v) is 11.0. The molecule has 0 saturated heterocycles. The van der Waals surface area contributed by atoms with Crippen molar-refractivity contribution in [2.45, 2.75) is 46.0 Å². The highest BCUT2D eigenvalue weighted by atomic mass is 16.3. The fraction of sp³-hybridized carbons (Fsp3) is 0.933. The SMILES string of the molecule is CC1(CO)CCC[C@]2(C)[C@H](C=O)C3CC[C@H]2C31. The maximum atomic E-state index is 11.5. The molecule has 17 heavy (non-hydrogen) atoms. The molecular formula is C15H24O2. The van der Waals surface area contributed by atoms with Crippen molar-refractivity contribution < 1.29 is 9.90 Å². The number of rotatable bonds is 2. The van der Waals surface area contributed by atoms with Crippen LogP contribution >= 0.6 is 0 Å². The van der Waals surface area contributed by atoms with E-state index in [1.165, 1.54) is 32.0 Å². The van der Waals surface area contributed by atoms with E-state index in [-0.39, 0.29) is 16.7 Å². The van der Waals surface area contributed by atoms with Gasteiger partial charge in [-0.1, -0.05) is 20.3 Å². The van der Waals surface area contributed by atoms with Gasteiger partial charge in [0.15, 0.2) is 0 Å². The summed E-state index contributed by atoms with van der Waals surface area (Å²) in [6.07, 6.45) is 7.24. The van der Waals surface area contributed by atoms with Crippen LogP contribution in [0.3, 0.4) is 0 Å². The molecule has 3 unspecified atom stereocenters. The smallest absolute Gasteiger partial charge is 0.123 e. The Balaban J connectivity index is 2.06. The second kappa shape index (κ2) is 3.57. The normalized spacial score (nSPS) is 56.9. The number of aliphatic hydroxyl groups excluding tert-OH is 1. The van der Waals surface area contributed by atoms with E-state index < -0.39 is 0 Å². The summed E-state index contributed by atoms with van der Waals surface area (Å²) in [5.41, 5.74) is 0.309. The second-order valence-electron chi connectivity index (χ2n) is 7.21. The summed E-state index contributed by atoms with van der Waals surface area (Å²) < 4.78 is 0. The second-order valence-corrected chi connectivity index (χ2v) is 7.21. The molecule has 0 aromatic rings. The maximum absolute atomic E-state index is 11.5. The number of carbonyl (C=O) groups is 1. The molecule has 0 radical (unpaired) electrons. The van der Waals surface area contributed by atoms with Gasteiger partial charge in [-0.15, -0.1) is 0 Å². The first-order valence-electron chi connectivity index (χ1n) is 7.13. The van der Waals surface area contributed by atoms with Crippen molar-refractivity contribution >= 4 is 6.29 Å². The fourth-order valence-corrected chi connectivity index (χ4v) is 5.74. The average molecular weight is 236 g/mol. The quantitative estimate of drug-likeness (QED) is 0.748. The van der Waals surface area contributed by atoms with Crippen LogP contribution in [0.4, 0.5) is 0 Å². The molecule has 3 fully saturated rings. The molecule has 2 nitrogen and oxygen atoms in total. The highest BCUT2D eigenvalue weighted by molar-refractivity contribution is 5.58. The molecule has 3 saturated carbocycles. The van der Waals surface area contributed by atoms with E-state index in [1.807, 2.05) is 0 Å². The van der Waals surface area contributed by atoms with Crippen molar-refractivity contribution in [1.29, 1.82) is 0 Å². The summed E-state index contributed by atoms with van der Waals surface area (Å²) in [6, 6.07) is 0. The van der Waals surface area contributed by atoms with E-state index in [0.717, 1.165) is 6.42 Å². The van der Waals surface area contributed by atoms with Gasteiger partial charge in [0.25, 0.3) is 0 Å². The van der Waals surface area contributed by atoms with Crippen molar-refractivity contribution in [3.8, 4) is 0 Å². The highest BCUT2D eigenvalue weighted by Gasteiger charge is 2.65. The highest BCUT2D eigenvalue weighted by Crippen LogP contribution is 2.70. The Bertz CT molecular complexity index is 340. The number of aldehydes is 1. The first kappa shape index (κ1) is 11.7. The lowest BCUT2D eigenvalue weighted by Crippen LogP contribution is -2.35. The molecule has 2 heteroatoms. The van der Waals surface area contributed by atoms with E-state index in [4.69, 9.17) is 0 Å². The van der Waals surface area contributed by atoms with Crippen LogP contribution in [0, 0.1) is 34.5 Å². The van der Waals surface area contributed by atoms with E-state index in [0.29, 0.717) is 24.4 Å². The first-order valence-corrected chi connectivity index (χ1v) is 7.13. The predicted molar refractivity (Wildman–Crippen MR) is 66.4 cm³/mol. The van der Waals surface area contributed by atoms with Crippen LogP contribution < -0.4 is 0 Å². The van der Waals surface area contributed by atoms with Gasteiger partial charge in [-0.3, -0.25) is 0 Å². The van der Waals surface area contributed by atoms with Gasteiger partial charge in [0.2, 0.25) is 0 Å². The maximum Gasteiger partial charge on any atom is 0.123 e. The first-order chi connectivity index (χ1) is 8.07. The Kier molecular flexibility index (Phi) is 2.46. The minimum absolute atomic E-state index is 0.0708. The molecule has 0 spiro atoms. The Morgan fingerprint density at radius 3 is 2.71 bits per heavy atom. The summed E-state index contributed by atoms with van der Waals surface area (Å²) in [5.74, 6) is 2.09. The van der Waals surface area contributed by atoms with Gasteiger partial charge in [-0.25, -0.2) is 0 Å². The molecule has 0 aromatic carbocycles. The number of carbonyl (C=O) groups excluding carboxylic acids is 1. The van der Waals surface area contributed by atoms with E-state index >= 15 is 0 Å². The van der Waals surface area contributed by atoms with Crippen LogP contribution in [0.1, 0.15) is 46.0 Å². The van der Waals surface area contributed by atoms with E-state index in [2.05, 4.69) is 13.8 Å². The van der Waals surface area contributed by atoms with Gasteiger partial charge in [0.1, 0.15) is 6.29 Å². The van der Waals surface area contributed by atoms with Crippen LogP contribution in [-0.2, 0) is 4.79 Å². The third-order valence-corrected chi connectivity index (χ3v) is 6.55. The van der Waals surface area contributed by atoms with Crippen molar-refractivity contribution in [3.05, 3.63) is 0 Å². The van der Waals surface area contributed by atoms with Gasteiger partial charge in [-0.2, -0.15) is 0 Å². The Morgan fingerprint density at radius 1 is 1.29 bits per heavy atom. The van der Waals surface area contributed by atoms with Gasteiger partial charge >= 0.3 is 0 Å². The number of hydrogen-bond acceptors (Lipinski definition) is 2. The zero-order chi connectivity index (χ0) is 12.3. The number of hydrogen-bond donors (Lipinski definition) is 1. The standard InChI is InChI=1S/C15H24O2/c1-14(9-17)6-3-7-15(2)11-5-4-10(13(11)14)12(15)8-16/h8,10-13,17H,3-7,9H2,1-2H3/t10?,11-,12+,13?,14?,15-/m0/s1. The van der Waals surface area contributed by atoms with Crippen LogP contribution in [-0.4, -0.2) is 18.0 Å². The predicted octanol–water partition coefficient (Wildman–Crippen LogP) is 2.65. The van der Waals surface area contributed by atoms with Gasteiger partial charge in [-0.05, 0) is 54.3 Å². The topological polar surface area (TPSA) is 37.3 Å². The average Bonchev–Trinajstić information content (AvgIpc) is 2.79. The summed E-state index contributed by atoms with van der Waals surface area (Å²) >= 11 is 0. The van der Waals surface area contributed by atoms with Crippen molar-refractivity contribution in [2.24, 2.45) is 34.5 Å². The van der Waals surface area contributed by atoms with Crippen LogP contribution in [0.2, 0.25) is 0 Å². The molecular weight excluding hydrogens is 212 g/mol. The molecule has 0 amide bonds. The Hall–Kier alpha value is -0.370. The number of aliphatic hydroxyl groups is 1. The molecule has 3 aliphatic rings. The summed E-state index contributed by atoms with van der Waals surface area (Å²) in [5, 5.41) is 9.81. The molecule has 4 bridgehead atoms.